The quantitative estimate of drug-likeness (QED) is 0.711. The molecule has 1 amide bonds. The lowest BCUT2D eigenvalue weighted by molar-refractivity contribution is -0.139. The number of imidazole rings is 1. The number of rotatable bonds is 5. The first-order valence-corrected chi connectivity index (χ1v) is 5.73. The predicted octanol–water partition coefficient (Wildman–Crippen LogP) is 0.0107. The van der Waals surface area contributed by atoms with Crippen LogP contribution in [0, 0.1) is 0 Å². The summed E-state index contributed by atoms with van der Waals surface area (Å²) >= 11 is 0. The molecule has 1 heterocycles. The van der Waals surface area contributed by atoms with Crippen molar-refractivity contribution in [2.24, 2.45) is 0 Å². The number of carbonyl (C=O) groups excluding carboxylic acids is 1. The summed E-state index contributed by atoms with van der Waals surface area (Å²) in [5.74, 6) is -1.49. The van der Waals surface area contributed by atoms with E-state index in [1.165, 1.54) is 12.5 Å². The number of hydrogen-bond donors (Lipinski definition) is 3. The Morgan fingerprint density at radius 2 is 2.00 bits per heavy atom. The van der Waals surface area contributed by atoms with E-state index in [2.05, 4.69) is 15.3 Å². The molecule has 0 unspecified atom stereocenters. The molecule has 0 fully saturated rings. The lowest BCUT2D eigenvalue weighted by Crippen LogP contribution is -2.42. The average molecular weight is 277 g/mol. The van der Waals surface area contributed by atoms with E-state index >= 15 is 0 Å². The van der Waals surface area contributed by atoms with Crippen LogP contribution in [0.1, 0.15) is 16.1 Å². The number of nitrogens with one attached hydrogen (secondary N) is 2. The molecular formula is C13H15N3O4. The third kappa shape index (κ3) is 3.92. The first-order chi connectivity index (χ1) is 9.16. The lowest BCUT2D eigenvalue weighted by atomic mass is 10.1. The molecule has 0 aliphatic rings. The topological polar surface area (TPSA) is 127 Å². The number of nitrogens with zero attached hydrogens (tertiary/aromatic N) is 1. The minimum Gasteiger partial charge on any atom is -0.480 e. The molecule has 1 atom stereocenters. The van der Waals surface area contributed by atoms with Gasteiger partial charge >= 0.3 is 5.97 Å². The van der Waals surface area contributed by atoms with Gasteiger partial charge in [-0.25, -0.2) is 9.78 Å². The van der Waals surface area contributed by atoms with Gasteiger partial charge in [-0.15, -0.1) is 0 Å². The summed E-state index contributed by atoms with van der Waals surface area (Å²) in [6.45, 7) is 0. The molecule has 1 aromatic heterocycles. The van der Waals surface area contributed by atoms with E-state index in [0.717, 1.165) is 0 Å². The molecule has 5 N–H and O–H groups in total. The fourth-order valence-corrected chi connectivity index (χ4v) is 1.65. The zero-order valence-electron chi connectivity index (χ0n) is 10.5. The number of carboxylic acids is 1. The van der Waals surface area contributed by atoms with Crippen molar-refractivity contribution in [2.75, 3.05) is 0 Å². The van der Waals surface area contributed by atoms with Crippen LogP contribution in [-0.2, 0) is 11.2 Å². The van der Waals surface area contributed by atoms with E-state index in [9.17, 15) is 9.59 Å². The van der Waals surface area contributed by atoms with Crippen molar-refractivity contribution in [3.63, 3.8) is 0 Å². The van der Waals surface area contributed by atoms with Crippen molar-refractivity contribution in [1.82, 2.24) is 15.3 Å². The molecule has 0 aliphatic heterocycles. The Bertz CT molecular complexity index is 554. The molecule has 7 nitrogen and oxygen atoms in total. The first-order valence-electron chi connectivity index (χ1n) is 5.73. The van der Waals surface area contributed by atoms with Crippen LogP contribution in [-0.4, -0.2) is 38.5 Å². The van der Waals surface area contributed by atoms with Crippen molar-refractivity contribution in [2.45, 2.75) is 12.5 Å². The number of aromatic amines is 1. The van der Waals surface area contributed by atoms with Gasteiger partial charge in [-0.2, -0.15) is 0 Å². The van der Waals surface area contributed by atoms with Crippen LogP contribution < -0.4 is 5.32 Å². The van der Waals surface area contributed by atoms with Crippen LogP contribution in [0.25, 0.3) is 0 Å². The molecule has 7 heteroatoms. The molecule has 2 rings (SSSR count). The standard InChI is InChI=1S/C13H13N3O3.H2O/c17-12(9-4-2-1-3-5-9)16-11(13(18)19)6-10-7-14-8-15-10;/h1-5,7-8,11H,6H2,(H,14,15)(H,16,17)(H,18,19);1H2/t11-;/m0./s1. The van der Waals surface area contributed by atoms with Crippen molar-refractivity contribution in [3.05, 3.63) is 54.1 Å². The molecular weight excluding hydrogens is 262 g/mol. The van der Waals surface area contributed by atoms with Gasteiger partial charge < -0.3 is 20.9 Å². The van der Waals surface area contributed by atoms with Gasteiger partial charge in [-0.1, -0.05) is 18.2 Å². The highest BCUT2D eigenvalue weighted by atomic mass is 16.4. The van der Waals surface area contributed by atoms with Crippen LogP contribution in [0.15, 0.2) is 42.9 Å². The van der Waals surface area contributed by atoms with Gasteiger partial charge in [0.25, 0.3) is 5.91 Å². The van der Waals surface area contributed by atoms with Gasteiger partial charge in [0.15, 0.2) is 0 Å². The number of H-pyrrole nitrogens is 1. The van der Waals surface area contributed by atoms with Gasteiger partial charge in [-0.3, -0.25) is 4.79 Å². The number of aromatic nitrogens is 2. The number of carbonyl (C=O) groups is 2. The maximum absolute atomic E-state index is 11.9. The van der Waals surface area contributed by atoms with Crippen molar-refractivity contribution in [3.8, 4) is 0 Å². The van der Waals surface area contributed by atoms with Crippen molar-refractivity contribution in [1.29, 1.82) is 0 Å². The second kappa shape index (κ2) is 7.05. The molecule has 106 valence electrons. The summed E-state index contributed by atoms with van der Waals surface area (Å²) in [6.07, 6.45) is 3.16. The summed E-state index contributed by atoms with van der Waals surface area (Å²) in [5.41, 5.74) is 1.08. The molecule has 0 bridgehead atoms. The Morgan fingerprint density at radius 3 is 2.55 bits per heavy atom. The normalized spacial score (nSPS) is 11.2. The summed E-state index contributed by atoms with van der Waals surface area (Å²) in [5, 5.41) is 11.6. The lowest BCUT2D eigenvalue weighted by Gasteiger charge is -2.13. The van der Waals surface area contributed by atoms with E-state index in [-0.39, 0.29) is 11.9 Å². The molecule has 0 saturated heterocycles. The van der Waals surface area contributed by atoms with Crippen LogP contribution in [0.2, 0.25) is 0 Å². The molecule has 20 heavy (non-hydrogen) atoms. The molecule has 1 aromatic carbocycles. The highest BCUT2D eigenvalue weighted by Gasteiger charge is 2.21. The van der Waals surface area contributed by atoms with Crippen LogP contribution in [0.3, 0.4) is 0 Å². The van der Waals surface area contributed by atoms with Crippen LogP contribution in [0.5, 0.6) is 0 Å². The van der Waals surface area contributed by atoms with E-state index in [1.807, 2.05) is 0 Å². The predicted molar refractivity (Wildman–Crippen MR) is 71.2 cm³/mol. The highest BCUT2D eigenvalue weighted by Crippen LogP contribution is 2.02. The zero-order chi connectivity index (χ0) is 13.7. The molecule has 0 aliphatic carbocycles. The monoisotopic (exact) mass is 277 g/mol. The number of carboxylic acid groups (broad SMARTS) is 1. The number of amides is 1. The van der Waals surface area contributed by atoms with Gasteiger partial charge in [0.05, 0.1) is 6.33 Å². The smallest absolute Gasteiger partial charge is 0.326 e. The largest absolute Gasteiger partial charge is 0.480 e. The second-order valence-electron chi connectivity index (χ2n) is 4.01. The van der Waals surface area contributed by atoms with Gasteiger partial charge in [-0.05, 0) is 12.1 Å². The molecule has 2 aromatic rings. The third-order valence-electron chi connectivity index (χ3n) is 2.62. The zero-order valence-corrected chi connectivity index (χ0v) is 10.5. The molecule has 0 spiro atoms. The Morgan fingerprint density at radius 1 is 1.30 bits per heavy atom. The Balaban J connectivity index is 0.00000200. The molecule has 0 saturated carbocycles. The maximum Gasteiger partial charge on any atom is 0.326 e. The van der Waals surface area contributed by atoms with E-state index < -0.39 is 17.9 Å². The summed E-state index contributed by atoms with van der Waals surface area (Å²) in [6, 6.07) is 7.50. The van der Waals surface area contributed by atoms with E-state index in [1.54, 1.807) is 30.3 Å². The van der Waals surface area contributed by atoms with Gasteiger partial charge in [0.2, 0.25) is 0 Å². The third-order valence-corrected chi connectivity index (χ3v) is 2.62. The summed E-state index contributed by atoms with van der Waals surface area (Å²) in [4.78, 5) is 29.7. The van der Waals surface area contributed by atoms with E-state index in [4.69, 9.17) is 5.11 Å². The van der Waals surface area contributed by atoms with Crippen LogP contribution >= 0.6 is 0 Å². The average Bonchev–Trinajstić information content (AvgIpc) is 2.91. The van der Waals surface area contributed by atoms with Gasteiger partial charge in [0, 0.05) is 23.9 Å². The summed E-state index contributed by atoms with van der Waals surface area (Å²) < 4.78 is 0. The number of benzene rings is 1. The fourth-order valence-electron chi connectivity index (χ4n) is 1.65. The Labute approximate surface area is 115 Å². The van der Waals surface area contributed by atoms with E-state index in [0.29, 0.717) is 11.3 Å². The van der Waals surface area contributed by atoms with Gasteiger partial charge in [0.1, 0.15) is 6.04 Å². The Kier molecular flexibility index (Phi) is 5.42. The SMILES string of the molecule is O.O=C(N[C@@H](Cc1cnc[nH]1)C(=O)O)c1ccccc1. The molecule has 0 radical (unpaired) electrons. The summed E-state index contributed by atoms with van der Waals surface area (Å²) in [7, 11) is 0. The minimum absolute atomic E-state index is 0. The second-order valence-corrected chi connectivity index (χ2v) is 4.01. The maximum atomic E-state index is 11.9. The number of hydrogen-bond acceptors (Lipinski definition) is 3. The Hall–Kier alpha value is -2.67. The van der Waals surface area contributed by atoms with Crippen molar-refractivity contribution < 1.29 is 20.2 Å². The van der Waals surface area contributed by atoms with Crippen LogP contribution in [0.4, 0.5) is 0 Å². The highest BCUT2D eigenvalue weighted by molar-refractivity contribution is 5.96. The first kappa shape index (κ1) is 15.4. The minimum atomic E-state index is -1.08. The number of aliphatic carboxylic acids is 1. The van der Waals surface area contributed by atoms with Crippen molar-refractivity contribution >= 4 is 11.9 Å². The fraction of sp³-hybridized carbons (Fsp3) is 0.154.